The fourth-order valence-corrected chi connectivity index (χ4v) is 4.47. The molecule has 0 aromatic carbocycles. The molecule has 0 radical (unpaired) electrons. The first-order chi connectivity index (χ1) is 6.54. The van der Waals surface area contributed by atoms with Gasteiger partial charge in [-0.1, -0.05) is 20.7 Å². The number of rotatable bonds is 2. The second kappa shape index (κ2) is 5.77. The standard InChI is InChI=1S/C10H18ClIO2/c1-6(2)12-10-9(5-11)13-7(3)8(4)14-10/h7-10H,5H2,1-4H3. The van der Waals surface area contributed by atoms with E-state index in [0.29, 0.717) is 5.88 Å². The van der Waals surface area contributed by atoms with E-state index in [9.17, 15) is 0 Å². The Balaban J connectivity index is 2.67. The molecule has 1 aliphatic rings. The zero-order valence-corrected chi connectivity index (χ0v) is 12.0. The number of halogens is 2. The van der Waals surface area contributed by atoms with Gasteiger partial charge in [-0.25, -0.2) is 0 Å². The molecule has 4 atom stereocenters. The van der Waals surface area contributed by atoms with Gasteiger partial charge in [-0.2, -0.15) is 0 Å². The van der Waals surface area contributed by atoms with Gasteiger partial charge < -0.3 is 9.47 Å². The molecule has 0 bridgehead atoms. The highest BCUT2D eigenvalue weighted by Gasteiger charge is 2.33. The molecule has 2 nitrogen and oxygen atoms in total. The molecule has 4 unspecified atom stereocenters. The molecule has 1 fully saturated rings. The van der Waals surface area contributed by atoms with Gasteiger partial charge in [0.25, 0.3) is 0 Å². The second-order valence-electron chi connectivity index (χ2n) is 3.71. The van der Waals surface area contributed by atoms with Crippen LogP contribution in [-0.2, 0) is 9.47 Å². The van der Waals surface area contributed by atoms with Crippen molar-refractivity contribution in [2.75, 3.05) is 5.88 Å². The van der Waals surface area contributed by atoms with Gasteiger partial charge in [0.05, 0.1) is 18.1 Å². The van der Waals surface area contributed by atoms with Crippen molar-refractivity contribution in [2.24, 2.45) is 0 Å². The van der Waals surface area contributed by atoms with E-state index < -0.39 is 0 Å². The van der Waals surface area contributed by atoms with Crippen LogP contribution < -0.4 is 0 Å². The smallest absolute Gasteiger partial charge is 0.131 e. The molecule has 4 heteroatoms. The molecule has 0 aliphatic carbocycles. The van der Waals surface area contributed by atoms with Crippen LogP contribution in [0.25, 0.3) is 0 Å². The highest BCUT2D eigenvalue weighted by Crippen LogP contribution is 2.29. The zero-order chi connectivity index (χ0) is 10.7. The Bertz CT molecular complexity index is 216. The van der Waals surface area contributed by atoms with Gasteiger partial charge in [-0.05, 0) is 31.2 Å². The van der Waals surface area contributed by atoms with Crippen LogP contribution in [0, 0.1) is 0 Å². The first kappa shape index (κ1) is 12.9. The Morgan fingerprint density at radius 1 is 1.21 bits per heavy atom. The predicted octanol–water partition coefficient (Wildman–Crippen LogP) is 2.93. The molecular formula is C10H18ClIO2. The molecule has 1 saturated heterocycles. The van der Waals surface area contributed by atoms with Crippen LogP contribution in [0.15, 0.2) is 0 Å². The summed E-state index contributed by atoms with van der Waals surface area (Å²) in [5, 5.41) is 0. The summed E-state index contributed by atoms with van der Waals surface area (Å²) in [5.41, 5.74) is 0. The summed E-state index contributed by atoms with van der Waals surface area (Å²) in [4.78, 5) is 0. The van der Waals surface area contributed by atoms with Gasteiger partial charge in [-0.15, -0.1) is 11.6 Å². The van der Waals surface area contributed by atoms with Crippen LogP contribution in [0.1, 0.15) is 27.7 Å². The van der Waals surface area contributed by atoms with Crippen molar-refractivity contribution >= 4 is 35.8 Å². The third-order valence-electron chi connectivity index (χ3n) is 2.17. The molecule has 0 aromatic rings. The SMILES string of the molecule is CC(C)=IC1OC(C)C(C)OC1CCl. The van der Waals surface area contributed by atoms with Gasteiger partial charge in [0, 0.05) is 0 Å². The minimum absolute atomic E-state index is 0.0641. The normalized spacial score (nSPS) is 38.4. The summed E-state index contributed by atoms with van der Waals surface area (Å²) in [5.74, 6) is 0.536. The molecule has 0 spiro atoms. The van der Waals surface area contributed by atoms with Crippen LogP contribution in [0.3, 0.4) is 0 Å². The molecule has 0 saturated carbocycles. The average Bonchev–Trinajstić information content (AvgIpc) is 2.10. The summed E-state index contributed by atoms with van der Waals surface area (Å²) in [6.07, 6.45) is 0.445. The maximum atomic E-state index is 5.93. The maximum absolute atomic E-state index is 5.93. The van der Waals surface area contributed by atoms with Gasteiger partial charge in [-0.3, -0.25) is 0 Å². The van der Waals surface area contributed by atoms with Crippen LogP contribution in [-0.4, -0.2) is 31.8 Å². The first-order valence-corrected chi connectivity index (χ1v) is 7.71. The van der Waals surface area contributed by atoms with Gasteiger partial charge in [0.2, 0.25) is 0 Å². The minimum Gasteiger partial charge on any atom is -0.368 e. The quantitative estimate of drug-likeness (QED) is 0.572. The Hall–Kier alpha value is 0.810. The Morgan fingerprint density at radius 2 is 1.79 bits per heavy atom. The zero-order valence-electron chi connectivity index (χ0n) is 9.09. The van der Waals surface area contributed by atoms with Gasteiger partial charge in [0.1, 0.15) is 10.2 Å². The largest absolute Gasteiger partial charge is 0.368 e. The highest BCUT2D eigenvalue weighted by atomic mass is 127. The number of hydrogen-bond donors (Lipinski definition) is 0. The third-order valence-corrected chi connectivity index (χ3v) is 5.42. The van der Waals surface area contributed by atoms with E-state index in [1.807, 2.05) is 6.92 Å². The van der Waals surface area contributed by atoms with E-state index in [2.05, 4.69) is 20.8 Å². The molecule has 84 valence electrons. The molecule has 1 heterocycles. The van der Waals surface area contributed by atoms with Crippen LogP contribution in [0.4, 0.5) is 0 Å². The first-order valence-electron chi connectivity index (χ1n) is 4.85. The molecule has 1 aliphatic heterocycles. The van der Waals surface area contributed by atoms with Crippen LogP contribution >= 0.6 is 32.3 Å². The maximum Gasteiger partial charge on any atom is 0.131 e. The van der Waals surface area contributed by atoms with E-state index in [1.54, 1.807) is 0 Å². The molecule has 0 amide bonds. The lowest BCUT2D eigenvalue weighted by molar-refractivity contribution is -0.167. The molecular weight excluding hydrogens is 314 g/mol. The van der Waals surface area contributed by atoms with Crippen molar-refractivity contribution in [3.8, 4) is 0 Å². The van der Waals surface area contributed by atoms with Crippen LogP contribution in [0.5, 0.6) is 0 Å². The molecule has 0 N–H and O–H groups in total. The third kappa shape index (κ3) is 3.43. The lowest BCUT2D eigenvalue weighted by atomic mass is 10.2. The fourth-order valence-electron chi connectivity index (χ4n) is 1.27. The molecule has 1 rings (SSSR count). The van der Waals surface area contributed by atoms with Crippen molar-refractivity contribution in [1.82, 2.24) is 0 Å². The van der Waals surface area contributed by atoms with E-state index in [-0.39, 0.29) is 43.2 Å². The minimum atomic E-state index is -0.0641. The Labute approximate surface area is 101 Å². The van der Waals surface area contributed by atoms with E-state index in [0.717, 1.165) is 0 Å². The predicted molar refractivity (Wildman–Crippen MR) is 69.8 cm³/mol. The summed E-state index contributed by atoms with van der Waals surface area (Å²) in [7, 11) is 0. The number of ether oxygens (including phenoxy) is 2. The van der Waals surface area contributed by atoms with Crippen molar-refractivity contribution in [1.29, 1.82) is 0 Å². The topological polar surface area (TPSA) is 18.5 Å². The van der Waals surface area contributed by atoms with Gasteiger partial charge >= 0.3 is 0 Å². The summed E-state index contributed by atoms with van der Waals surface area (Å²) in [6, 6.07) is 0. The van der Waals surface area contributed by atoms with Crippen LogP contribution in [0.2, 0.25) is 0 Å². The van der Waals surface area contributed by atoms with Crippen molar-refractivity contribution in [3.05, 3.63) is 0 Å². The van der Waals surface area contributed by atoms with E-state index in [1.165, 1.54) is 3.51 Å². The average molecular weight is 333 g/mol. The summed E-state index contributed by atoms with van der Waals surface area (Å²) < 4.78 is 13.5. The fraction of sp³-hybridized carbons (Fsp3) is 0.900. The van der Waals surface area contributed by atoms with Crippen molar-refractivity contribution in [2.45, 2.75) is 50.1 Å². The van der Waals surface area contributed by atoms with E-state index >= 15 is 0 Å². The second-order valence-corrected chi connectivity index (χ2v) is 8.03. The summed E-state index contributed by atoms with van der Waals surface area (Å²) in [6.45, 7) is 8.42. The number of hydrogen-bond acceptors (Lipinski definition) is 2. The van der Waals surface area contributed by atoms with Crippen molar-refractivity contribution < 1.29 is 9.47 Å². The Kier molecular flexibility index (Phi) is 5.31. The Morgan fingerprint density at radius 3 is 2.29 bits per heavy atom. The highest BCUT2D eigenvalue weighted by molar-refractivity contribution is 14.2. The molecule has 0 aromatic heterocycles. The summed E-state index contributed by atoms with van der Waals surface area (Å²) >= 11 is 5.81. The monoisotopic (exact) mass is 332 g/mol. The van der Waals surface area contributed by atoms with Crippen molar-refractivity contribution in [3.63, 3.8) is 0 Å². The van der Waals surface area contributed by atoms with Gasteiger partial charge in [0.15, 0.2) is 0 Å². The number of alkyl halides is 2. The molecule has 14 heavy (non-hydrogen) atoms. The lowest BCUT2D eigenvalue weighted by Crippen LogP contribution is -2.45. The van der Waals surface area contributed by atoms with E-state index in [4.69, 9.17) is 21.1 Å². The lowest BCUT2D eigenvalue weighted by Gasteiger charge is -2.37.